The minimum atomic E-state index is -1.77. The molecule has 0 aromatic heterocycles. The maximum absolute atomic E-state index is 9.63. The van der Waals surface area contributed by atoms with Gasteiger partial charge in [-0.05, 0) is 19.3 Å². The number of nitrogens with zero attached hydrogens (tertiary/aromatic N) is 1. The minimum Gasteiger partial charge on any atom is -0.393 e. The third kappa shape index (κ3) is 14.4. The van der Waals surface area contributed by atoms with Gasteiger partial charge in [0.2, 0.25) is 0 Å². The molecule has 0 aliphatic heterocycles. The fourth-order valence-corrected chi connectivity index (χ4v) is 2.07. The molecular weight excluding hydrogens is 265 g/mol. The highest BCUT2D eigenvalue weighted by atomic mass is 31.2. The summed E-state index contributed by atoms with van der Waals surface area (Å²) in [5.41, 5.74) is 0. The fourth-order valence-electron chi connectivity index (χ4n) is 1.48. The van der Waals surface area contributed by atoms with E-state index in [1.165, 1.54) is 0 Å². The van der Waals surface area contributed by atoms with E-state index in [0.717, 1.165) is 43.1 Å². The third-order valence-corrected chi connectivity index (χ3v) is 3.55. The number of quaternary nitrogens is 1. The molecule has 5 nitrogen and oxygen atoms in total. The number of aliphatic hydroxyl groups excluding tert-OH is 1. The molecule has 0 aromatic carbocycles. The molecule has 0 fully saturated rings. The van der Waals surface area contributed by atoms with Crippen LogP contribution in [0.5, 0.6) is 0 Å². The summed E-state index contributed by atoms with van der Waals surface area (Å²) < 4.78 is 11.2. The number of hydrogen-bond donors (Lipinski definition) is 2. The molecule has 2 N–H and O–H groups in total. The molecule has 6 heteroatoms. The van der Waals surface area contributed by atoms with Gasteiger partial charge in [-0.25, -0.2) is 0 Å². The van der Waals surface area contributed by atoms with Gasteiger partial charge in [0.15, 0.2) is 0 Å². The number of hydrogen-bond acceptors (Lipinski definition) is 4. The van der Waals surface area contributed by atoms with Gasteiger partial charge in [-0.1, -0.05) is 19.8 Å². The van der Waals surface area contributed by atoms with Gasteiger partial charge in [-0.2, -0.15) is 0 Å². The van der Waals surface area contributed by atoms with Gasteiger partial charge < -0.3 is 23.5 Å². The summed E-state index contributed by atoms with van der Waals surface area (Å²) in [5, 5.41) is 9.63. The zero-order chi connectivity index (χ0) is 14.7. The zero-order valence-electron chi connectivity index (χ0n) is 12.8. The topological polar surface area (TPSA) is 58.9 Å². The van der Waals surface area contributed by atoms with E-state index in [1.54, 1.807) is 0 Å². The second-order valence-electron chi connectivity index (χ2n) is 5.86. The van der Waals surface area contributed by atoms with Crippen molar-refractivity contribution in [1.29, 1.82) is 0 Å². The normalized spacial score (nSPS) is 15.5. The van der Waals surface area contributed by atoms with Crippen LogP contribution in [0.1, 0.15) is 39.0 Å². The molecule has 0 radical (unpaired) electrons. The molecule has 0 rings (SSSR count). The average Bonchev–Trinajstić information content (AvgIpc) is 2.30. The summed E-state index contributed by atoms with van der Waals surface area (Å²) in [4.78, 5) is 9.50. The standard InChI is InChI=1S/C13H31NO4P/c1-5-6-8-13(15)9-7-11-17-19(16)18-12-10-14(2,3)4/h13,15-16H,5-12H2,1-4H3/q+1. The van der Waals surface area contributed by atoms with Crippen molar-refractivity contribution in [3.8, 4) is 0 Å². The summed E-state index contributed by atoms with van der Waals surface area (Å²) in [6.45, 7) is 3.88. The minimum absolute atomic E-state index is 0.243. The third-order valence-electron chi connectivity index (χ3n) is 2.74. The number of likely N-dealkylation sites (N-methyl/N-ethyl adjacent to an activating group) is 1. The van der Waals surface area contributed by atoms with Crippen LogP contribution in [0.25, 0.3) is 0 Å². The van der Waals surface area contributed by atoms with Crippen molar-refractivity contribution in [1.82, 2.24) is 0 Å². The Kier molecular flexibility index (Phi) is 11.1. The summed E-state index contributed by atoms with van der Waals surface area (Å²) in [5.74, 6) is 0. The molecule has 19 heavy (non-hydrogen) atoms. The van der Waals surface area contributed by atoms with Crippen molar-refractivity contribution in [2.24, 2.45) is 0 Å². The maximum atomic E-state index is 9.63. The Hall–Kier alpha value is 0.230. The Morgan fingerprint density at radius 1 is 1.05 bits per heavy atom. The van der Waals surface area contributed by atoms with Gasteiger partial charge in [0, 0.05) is 0 Å². The molecule has 0 aromatic rings. The molecule has 0 amide bonds. The van der Waals surface area contributed by atoms with E-state index >= 15 is 0 Å². The first-order valence-corrected chi connectivity index (χ1v) is 8.21. The average molecular weight is 296 g/mol. The predicted octanol–water partition coefficient (Wildman–Crippen LogP) is 2.28. The molecule has 0 saturated carbocycles. The van der Waals surface area contributed by atoms with Gasteiger partial charge in [0.1, 0.15) is 13.2 Å². The van der Waals surface area contributed by atoms with Gasteiger partial charge >= 0.3 is 8.60 Å². The van der Waals surface area contributed by atoms with Crippen LogP contribution in [0.15, 0.2) is 0 Å². The monoisotopic (exact) mass is 296 g/mol. The lowest BCUT2D eigenvalue weighted by atomic mass is 10.1. The van der Waals surface area contributed by atoms with Gasteiger partial charge in [-0.15, -0.1) is 0 Å². The van der Waals surface area contributed by atoms with Crippen LogP contribution < -0.4 is 0 Å². The number of aliphatic hydroxyl groups is 1. The fraction of sp³-hybridized carbons (Fsp3) is 1.00. The number of rotatable bonds is 12. The molecule has 0 aliphatic carbocycles. The molecular formula is C13H31NO4P+. The lowest BCUT2D eigenvalue weighted by Gasteiger charge is -2.23. The number of unbranched alkanes of at least 4 members (excludes halogenated alkanes) is 1. The second-order valence-corrected chi connectivity index (χ2v) is 6.85. The van der Waals surface area contributed by atoms with E-state index in [-0.39, 0.29) is 6.10 Å². The highest BCUT2D eigenvalue weighted by Crippen LogP contribution is 2.32. The van der Waals surface area contributed by atoms with Crippen LogP contribution in [0.3, 0.4) is 0 Å². The first-order chi connectivity index (χ1) is 8.85. The lowest BCUT2D eigenvalue weighted by Crippen LogP contribution is -2.37. The van der Waals surface area contributed by atoms with E-state index in [1.807, 2.05) is 0 Å². The molecule has 0 aliphatic rings. The van der Waals surface area contributed by atoms with Crippen molar-refractivity contribution in [2.45, 2.75) is 45.1 Å². The lowest BCUT2D eigenvalue weighted by molar-refractivity contribution is -0.870. The smallest absolute Gasteiger partial charge is 0.330 e. The quantitative estimate of drug-likeness (QED) is 0.329. The van der Waals surface area contributed by atoms with E-state index in [9.17, 15) is 10.00 Å². The zero-order valence-corrected chi connectivity index (χ0v) is 13.7. The molecule has 0 saturated heterocycles. The molecule has 116 valence electrons. The van der Waals surface area contributed by atoms with Crippen LogP contribution in [-0.4, -0.2) is 61.5 Å². The molecule has 0 heterocycles. The van der Waals surface area contributed by atoms with Gasteiger partial charge in [0.05, 0.1) is 33.9 Å². The Morgan fingerprint density at radius 2 is 1.63 bits per heavy atom. The molecule has 0 bridgehead atoms. The summed E-state index contributed by atoms with van der Waals surface area (Å²) in [6, 6.07) is 0. The Bertz CT molecular complexity index is 211. The van der Waals surface area contributed by atoms with E-state index < -0.39 is 8.60 Å². The Labute approximate surface area is 119 Å². The van der Waals surface area contributed by atoms with Crippen molar-refractivity contribution >= 4 is 8.60 Å². The molecule has 2 atom stereocenters. The van der Waals surface area contributed by atoms with E-state index in [2.05, 4.69) is 28.1 Å². The van der Waals surface area contributed by atoms with E-state index in [0.29, 0.717) is 13.2 Å². The highest BCUT2D eigenvalue weighted by Gasteiger charge is 2.11. The summed E-state index contributed by atoms with van der Waals surface area (Å²) in [6.07, 6.45) is 4.25. The van der Waals surface area contributed by atoms with E-state index in [4.69, 9.17) is 9.05 Å². The maximum Gasteiger partial charge on any atom is 0.330 e. The largest absolute Gasteiger partial charge is 0.393 e. The SMILES string of the molecule is CCCCC(O)CCCOP(O)OCC[N+](C)(C)C. The second kappa shape index (κ2) is 11.0. The van der Waals surface area contributed by atoms with Crippen LogP contribution in [0, 0.1) is 0 Å². The van der Waals surface area contributed by atoms with Crippen molar-refractivity contribution in [3.63, 3.8) is 0 Å². The van der Waals surface area contributed by atoms with Crippen LogP contribution >= 0.6 is 8.60 Å². The Balaban J connectivity index is 3.40. The highest BCUT2D eigenvalue weighted by molar-refractivity contribution is 7.40. The predicted molar refractivity (Wildman–Crippen MR) is 78.7 cm³/mol. The van der Waals surface area contributed by atoms with Crippen molar-refractivity contribution < 1.29 is 23.5 Å². The molecule has 0 spiro atoms. The van der Waals surface area contributed by atoms with Crippen molar-refractivity contribution in [2.75, 3.05) is 40.9 Å². The van der Waals surface area contributed by atoms with Crippen LogP contribution in [0.4, 0.5) is 0 Å². The summed E-state index contributed by atoms with van der Waals surface area (Å²) in [7, 11) is 4.45. The van der Waals surface area contributed by atoms with Gasteiger partial charge in [-0.3, -0.25) is 0 Å². The summed E-state index contributed by atoms with van der Waals surface area (Å²) >= 11 is 0. The Morgan fingerprint density at radius 3 is 2.21 bits per heavy atom. The van der Waals surface area contributed by atoms with Crippen molar-refractivity contribution in [3.05, 3.63) is 0 Å². The van der Waals surface area contributed by atoms with Gasteiger partial charge in [0.25, 0.3) is 0 Å². The van der Waals surface area contributed by atoms with Crippen LogP contribution in [0.2, 0.25) is 0 Å². The van der Waals surface area contributed by atoms with Crippen LogP contribution in [-0.2, 0) is 9.05 Å². The first kappa shape index (κ1) is 19.2. The molecule has 2 unspecified atom stereocenters. The first-order valence-electron chi connectivity index (χ1n) is 7.08.